The smallest absolute Gasteiger partial charge is 0.225 e. The summed E-state index contributed by atoms with van der Waals surface area (Å²) < 4.78 is 7.34. The van der Waals surface area contributed by atoms with Gasteiger partial charge in [0.2, 0.25) is 5.91 Å². The molecule has 0 saturated carbocycles. The molecule has 0 spiro atoms. The molecule has 1 aromatic carbocycles. The number of fused-ring (bicyclic) bond motifs is 1. The van der Waals surface area contributed by atoms with E-state index in [1.807, 2.05) is 48.7 Å². The Bertz CT molecular complexity index is 930. The number of rotatable bonds is 7. The van der Waals surface area contributed by atoms with E-state index in [2.05, 4.69) is 30.7 Å². The van der Waals surface area contributed by atoms with Gasteiger partial charge in [0.1, 0.15) is 11.4 Å². The van der Waals surface area contributed by atoms with Crippen molar-refractivity contribution < 1.29 is 9.53 Å². The molecule has 0 atom stereocenters. The minimum Gasteiger partial charge on any atom is -0.495 e. The van der Waals surface area contributed by atoms with Crippen LogP contribution in [0.5, 0.6) is 5.75 Å². The van der Waals surface area contributed by atoms with Gasteiger partial charge in [-0.3, -0.25) is 9.69 Å². The monoisotopic (exact) mass is 393 g/mol. The number of aromatic nitrogens is 2. The van der Waals surface area contributed by atoms with Crippen molar-refractivity contribution in [3.63, 3.8) is 0 Å². The molecular formula is C22H27N5O2. The van der Waals surface area contributed by atoms with Crippen LogP contribution in [0.3, 0.4) is 0 Å². The third-order valence-electron chi connectivity index (χ3n) is 5.30. The second kappa shape index (κ2) is 9.07. The molecular weight excluding hydrogens is 366 g/mol. The summed E-state index contributed by atoms with van der Waals surface area (Å²) in [6, 6.07) is 13.5. The van der Waals surface area contributed by atoms with Gasteiger partial charge in [0.25, 0.3) is 0 Å². The summed E-state index contributed by atoms with van der Waals surface area (Å²) in [5.41, 5.74) is 2.81. The van der Waals surface area contributed by atoms with E-state index in [-0.39, 0.29) is 5.91 Å². The van der Waals surface area contributed by atoms with Crippen molar-refractivity contribution in [2.75, 3.05) is 45.2 Å². The lowest BCUT2D eigenvalue weighted by molar-refractivity contribution is -0.116. The minimum atomic E-state index is 0.0154. The van der Waals surface area contributed by atoms with Gasteiger partial charge in [-0.2, -0.15) is 0 Å². The number of anilines is 1. The van der Waals surface area contributed by atoms with Gasteiger partial charge in [0.05, 0.1) is 18.5 Å². The van der Waals surface area contributed by atoms with Crippen LogP contribution in [0, 0.1) is 0 Å². The number of benzene rings is 1. The summed E-state index contributed by atoms with van der Waals surface area (Å²) in [5.74, 6) is 0.697. The van der Waals surface area contributed by atoms with E-state index < -0.39 is 0 Å². The normalized spacial score (nSPS) is 15.5. The van der Waals surface area contributed by atoms with E-state index in [0.717, 1.165) is 56.3 Å². The fraction of sp³-hybridized carbons (Fsp3) is 0.364. The standard InChI is InChI=1S/C22H27N5O2/c1-29-20-7-3-2-6-19(20)24-22(28)9-11-25-12-14-26(15-13-25)16-18-17-27-10-5-4-8-21(27)23-18/h2-8,10,17H,9,11-16H2,1H3,(H,24,28). The van der Waals surface area contributed by atoms with Gasteiger partial charge >= 0.3 is 0 Å². The Morgan fingerprint density at radius 3 is 2.62 bits per heavy atom. The molecule has 1 aliphatic heterocycles. The van der Waals surface area contributed by atoms with Crippen LogP contribution >= 0.6 is 0 Å². The molecule has 2 aromatic heterocycles. The van der Waals surface area contributed by atoms with Gasteiger partial charge in [-0.25, -0.2) is 4.98 Å². The Morgan fingerprint density at radius 2 is 1.83 bits per heavy atom. The molecule has 0 unspecified atom stereocenters. The number of methoxy groups -OCH3 is 1. The molecule has 0 aliphatic carbocycles. The second-order valence-electron chi connectivity index (χ2n) is 7.31. The molecule has 3 heterocycles. The number of para-hydroxylation sites is 2. The van der Waals surface area contributed by atoms with Crippen LogP contribution in [0.4, 0.5) is 5.69 Å². The number of nitrogens with one attached hydrogen (secondary N) is 1. The van der Waals surface area contributed by atoms with E-state index >= 15 is 0 Å². The predicted octanol–water partition coefficient (Wildman–Crippen LogP) is 2.49. The van der Waals surface area contributed by atoms with Gasteiger partial charge in [0, 0.05) is 58.1 Å². The SMILES string of the molecule is COc1ccccc1NC(=O)CCN1CCN(Cc2cn3ccccc3n2)CC1. The minimum absolute atomic E-state index is 0.0154. The number of carbonyl (C=O) groups is 1. The van der Waals surface area contributed by atoms with Crippen LogP contribution in [0.1, 0.15) is 12.1 Å². The fourth-order valence-corrected chi connectivity index (χ4v) is 3.68. The van der Waals surface area contributed by atoms with E-state index in [9.17, 15) is 4.79 Å². The Labute approximate surface area is 170 Å². The zero-order valence-electron chi connectivity index (χ0n) is 16.8. The molecule has 1 amide bonds. The van der Waals surface area contributed by atoms with Crippen LogP contribution in [-0.4, -0.2) is 64.9 Å². The molecule has 4 rings (SSSR count). The zero-order chi connectivity index (χ0) is 20.1. The van der Waals surface area contributed by atoms with Crippen molar-refractivity contribution in [1.82, 2.24) is 19.2 Å². The number of amides is 1. The highest BCUT2D eigenvalue weighted by Gasteiger charge is 2.18. The summed E-state index contributed by atoms with van der Waals surface area (Å²) in [7, 11) is 1.61. The number of hydrogen-bond donors (Lipinski definition) is 1. The number of hydrogen-bond acceptors (Lipinski definition) is 5. The highest BCUT2D eigenvalue weighted by Crippen LogP contribution is 2.23. The number of carbonyl (C=O) groups excluding carboxylic acids is 1. The molecule has 0 radical (unpaired) electrons. The van der Waals surface area contributed by atoms with E-state index in [0.29, 0.717) is 12.2 Å². The highest BCUT2D eigenvalue weighted by molar-refractivity contribution is 5.92. The second-order valence-corrected chi connectivity index (χ2v) is 7.31. The first-order valence-electron chi connectivity index (χ1n) is 10.0. The molecule has 1 fully saturated rings. The molecule has 0 bridgehead atoms. The molecule has 1 N–H and O–H groups in total. The van der Waals surface area contributed by atoms with Crippen molar-refractivity contribution in [2.45, 2.75) is 13.0 Å². The van der Waals surface area contributed by atoms with E-state index in [4.69, 9.17) is 4.74 Å². The highest BCUT2D eigenvalue weighted by atomic mass is 16.5. The van der Waals surface area contributed by atoms with Gasteiger partial charge in [-0.1, -0.05) is 18.2 Å². The molecule has 7 nitrogen and oxygen atoms in total. The Kier molecular flexibility index (Phi) is 6.07. The van der Waals surface area contributed by atoms with E-state index in [1.165, 1.54) is 0 Å². The lowest BCUT2D eigenvalue weighted by Gasteiger charge is -2.34. The van der Waals surface area contributed by atoms with Crippen LogP contribution < -0.4 is 10.1 Å². The van der Waals surface area contributed by atoms with Crippen molar-refractivity contribution in [3.8, 4) is 5.75 Å². The van der Waals surface area contributed by atoms with Crippen molar-refractivity contribution >= 4 is 17.2 Å². The molecule has 1 saturated heterocycles. The first-order chi connectivity index (χ1) is 14.2. The van der Waals surface area contributed by atoms with Crippen LogP contribution in [0.2, 0.25) is 0 Å². The lowest BCUT2D eigenvalue weighted by Crippen LogP contribution is -2.46. The van der Waals surface area contributed by atoms with Crippen LogP contribution in [-0.2, 0) is 11.3 Å². The Morgan fingerprint density at radius 1 is 1.07 bits per heavy atom. The predicted molar refractivity (Wildman–Crippen MR) is 113 cm³/mol. The van der Waals surface area contributed by atoms with Gasteiger partial charge < -0.3 is 19.4 Å². The maximum atomic E-state index is 12.3. The van der Waals surface area contributed by atoms with Crippen LogP contribution in [0.25, 0.3) is 5.65 Å². The molecule has 152 valence electrons. The summed E-state index contributed by atoms with van der Waals surface area (Å²) in [6.45, 7) is 5.54. The molecule has 3 aromatic rings. The number of nitrogens with zero attached hydrogens (tertiary/aromatic N) is 4. The van der Waals surface area contributed by atoms with Crippen molar-refractivity contribution in [1.29, 1.82) is 0 Å². The average Bonchev–Trinajstić information content (AvgIpc) is 3.16. The molecule has 1 aliphatic rings. The maximum absolute atomic E-state index is 12.3. The Balaban J connectivity index is 1.21. The van der Waals surface area contributed by atoms with Crippen LogP contribution in [0.15, 0.2) is 54.9 Å². The summed E-state index contributed by atoms with van der Waals surface area (Å²) in [4.78, 5) is 21.8. The molecule has 29 heavy (non-hydrogen) atoms. The van der Waals surface area contributed by atoms with Crippen molar-refractivity contribution in [3.05, 3.63) is 60.6 Å². The third-order valence-corrected chi connectivity index (χ3v) is 5.30. The first-order valence-corrected chi connectivity index (χ1v) is 10.0. The van der Waals surface area contributed by atoms with E-state index in [1.54, 1.807) is 7.11 Å². The number of piperazine rings is 1. The van der Waals surface area contributed by atoms with Crippen molar-refractivity contribution in [2.24, 2.45) is 0 Å². The largest absolute Gasteiger partial charge is 0.495 e. The van der Waals surface area contributed by atoms with Gasteiger partial charge in [-0.15, -0.1) is 0 Å². The zero-order valence-corrected chi connectivity index (χ0v) is 16.8. The number of pyridine rings is 1. The Hall–Kier alpha value is -2.90. The molecule has 7 heteroatoms. The maximum Gasteiger partial charge on any atom is 0.225 e. The first kappa shape index (κ1) is 19.4. The topological polar surface area (TPSA) is 62.1 Å². The van der Waals surface area contributed by atoms with Gasteiger partial charge in [0.15, 0.2) is 0 Å². The van der Waals surface area contributed by atoms with Gasteiger partial charge in [-0.05, 0) is 24.3 Å². The number of imidazole rings is 1. The quantitative estimate of drug-likeness (QED) is 0.668. The summed E-state index contributed by atoms with van der Waals surface area (Å²) in [5, 5.41) is 2.94. The fourth-order valence-electron chi connectivity index (χ4n) is 3.68. The number of ether oxygens (including phenoxy) is 1. The average molecular weight is 393 g/mol. The third kappa shape index (κ3) is 4.93. The summed E-state index contributed by atoms with van der Waals surface area (Å²) >= 11 is 0. The summed E-state index contributed by atoms with van der Waals surface area (Å²) in [6.07, 6.45) is 4.61. The lowest BCUT2D eigenvalue weighted by atomic mass is 10.2.